The van der Waals surface area contributed by atoms with Crippen LogP contribution in [0, 0.1) is 27.7 Å². The Balaban J connectivity index is 1.54. The van der Waals surface area contributed by atoms with Gasteiger partial charge in [-0.1, -0.05) is 0 Å². The summed E-state index contributed by atoms with van der Waals surface area (Å²) in [5.74, 6) is 1.62. The van der Waals surface area contributed by atoms with Crippen molar-refractivity contribution in [2.45, 2.75) is 40.8 Å². The third-order valence-electron chi connectivity index (χ3n) is 7.27. The van der Waals surface area contributed by atoms with E-state index in [-0.39, 0.29) is 0 Å². The summed E-state index contributed by atoms with van der Waals surface area (Å²) in [5, 5.41) is 0. The van der Waals surface area contributed by atoms with E-state index in [0.29, 0.717) is 0 Å². The van der Waals surface area contributed by atoms with Gasteiger partial charge in [0.1, 0.15) is 11.5 Å². The molecule has 1 aliphatic rings. The molecule has 0 bridgehead atoms. The molecule has 1 saturated heterocycles. The predicted octanol–water partition coefficient (Wildman–Crippen LogP) is 4.64. The SMILES string of the molecule is COc1cc(C)c(-c2cc(C)nc(CN3CCN(C)CCN(Cc4cc(C)cc(C)n4)CC3)c2)c(OC)c1. The summed E-state index contributed by atoms with van der Waals surface area (Å²) in [6.45, 7) is 16.3. The Kier molecular flexibility index (Phi) is 9.36. The van der Waals surface area contributed by atoms with E-state index in [1.807, 2.05) is 6.07 Å². The van der Waals surface area contributed by atoms with E-state index in [1.54, 1.807) is 14.2 Å². The smallest absolute Gasteiger partial charge is 0.130 e. The molecule has 0 spiro atoms. The van der Waals surface area contributed by atoms with E-state index in [4.69, 9.17) is 19.4 Å². The van der Waals surface area contributed by atoms with Gasteiger partial charge in [-0.15, -0.1) is 0 Å². The predicted molar refractivity (Wildman–Crippen MR) is 154 cm³/mol. The van der Waals surface area contributed by atoms with Gasteiger partial charge < -0.3 is 14.4 Å². The van der Waals surface area contributed by atoms with E-state index in [1.165, 1.54) is 5.56 Å². The topological polar surface area (TPSA) is 54.0 Å². The first-order valence-corrected chi connectivity index (χ1v) is 13.5. The maximum absolute atomic E-state index is 5.76. The zero-order valence-corrected chi connectivity index (χ0v) is 24.2. The van der Waals surface area contributed by atoms with E-state index in [0.717, 1.165) is 103 Å². The number of nitrogens with zero attached hydrogens (tertiary/aromatic N) is 5. The van der Waals surface area contributed by atoms with E-state index in [9.17, 15) is 0 Å². The molecule has 204 valence electrons. The van der Waals surface area contributed by atoms with E-state index >= 15 is 0 Å². The minimum absolute atomic E-state index is 0.801. The molecule has 4 rings (SSSR count). The van der Waals surface area contributed by atoms with Crippen LogP contribution in [0.4, 0.5) is 0 Å². The number of hydrogen-bond donors (Lipinski definition) is 0. The summed E-state index contributed by atoms with van der Waals surface area (Å²) >= 11 is 0. The van der Waals surface area contributed by atoms with Gasteiger partial charge in [-0.2, -0.15) is 0 Å². The number of aromatic nitrogens is 2. The second kappa shape index (κ2) is 12.7. The molecule has 2 aromatic heterocycles. The molecule has 0 atom stereocenters. The van der Waals surface area contributed by atoms with Crippen LogP contribution in [0.15, 0.2) is 36.4 Å². The highest BCUT2D eigenvalue weighted by atomic mass is 16.5. The molecule has 0 unspecified atom stereocenters. The quantitative estimate of drug-likeness (QED) is 0.452. The van der Waals surface area contributed by atoms with E-state index < -0.39 is 0 Å². The average molecular weight is 518 g/mol. The lowest BCUT2D eigenvalue weighted by molar-refractivity contribution is 0.206. The zero-order chi connectivity index (χ0) is 27.2. The Hall–Kier alpha value is -3.00. The molecule has 7 heteroatoms. The summed E-state index contributed by atoms with van der Waals surface area (Å²) in [5.41, 5.74) is 8.97. The Morgan fingerprint density at radius 1 is 0.684 bits per heavy atom. The lowest BCUT2D eigenvalue weighted by atomic mass is 9.98. The molecule has 3 aromatic rings. The molecule has 7 nitrogen and oxygen atoms in total. The van der Waals surface area contributed by atoms with Crippen LogP contribution in [-0.4, -0.2) is 85.2 Å². The molecule has 0 amide bonds. The van der Waals surface area contributed by atoms with Gasteiger partial charge in [0.2, 0.25) is 0 Å². The van der Waals surface area contributed by atoms with Crippen LogP contribution in [0.3, 0.4) is 0 Å². The van der Waals surface area contributed by atoms with Crippen molar-refractivity contribution in [2.24, 2.45) is 0 Å². The van der Waals surface area contributed by atoms with Crippen molar-refractivity contribution in [1.29, 1.82) is 0 Å². The summed E-state index contributed by atoms with van der Waals surface area (Å²) in [4.78, 5) is 17.2. The van der Waals surface area contributed by atoms with Gasteiger partial charge in [0.05, 0.1) is 25.6 Å². The molecular formula is C31H43N5O2. The molecule has 0 saturated carbocycles. The van der Waals surface area contributed by atoms with Crippen molar-refractivity contribution in [3.8, 4) is 22.6 Å². The average Bonchev–Trinajstić information content (AvgIpc) is 2.94. The largest absolute Gasteiger partial charge is 0.497 e. The molecule has 3 heterocycles. The number of ether oxygens (including phenoxy) is 2. The Morgan fingerprint density at radius 2 is 1.26 bits per heavy atom. The minimum atomic E-state index is 0.801. The fraction of sp³-hybridized carbons (Fsp3) is 0.484. The van der Waals surface area contributed by atoms with Crippen LogP contribution in [0.2, 0.25) is 0 Å². The molecule has 0 radical (unpaired) electrons. The summed E-state index contributed by atoms with van der Waals surface area (Å²) in [6, 6.07) is 12.7. The first-order valence-electron chi connectivity index (χ1n) is 13.5. The van der Waals surface area contributed by atoms with Crippen molar-refractivity contribution in [2.75, 3.05) is 60.5 Å². The lowest BCUT2D eigenvalue weighted by Crippen LogP contribution is -2.35. The van der Waals surface area contributed by atoms with Gasteiger partial charge in [0.25, 0.3) is 0 Å². The number of methoxy groups -OCH3 is 2. The maximum atomic E-state index is 5.76. The van der Waals surface area contributed by atoms with Gasteiger partial charge >= 0.3 is 0 Å². The highest BCUT2D eigenvalue weighted by Gasteiger charge is 2.18. The summed E-state index contributed by atoms with van der Waals surface area (Å²) in [7, 11) is 5.62. The van der Waals surface area contributed by atoms with Crippen LogP contribution in [0.1, 0.15) is 33.9 Å². The molecule has 38 heavy (non-hydrogen) atoms. The van der Waals surface area contributed by atoms with Crippen molar-refractivity contribution < 1.29 is 9.47 Å². The Morgan fingerprint density at radius 3 is 1.84 bits per heavy atom. The number of rotatable bonds is 7. The Labute approximate surface area is 228 Å². The summed E-state index contributed by atoms with van der Waals surface area (Å²) in [6.07, 6.45) is 0. The van der Waals surface area contributed by atoms with E-state index in [2.05, 4.69) is 79.8 Å². The van der Waals surface area contributed by atoms with Gasteiger partial charge in [-0.25, -0.2) is 0 Å². The van der Waals surface area contributed by atoms with Crippen LogP contribution in [0.25, 0.3) is 11.1 Å². The second-order valence-corrected chi connectivity index (χ2v) is 10.6. The number of pyridine rings is 2. The number of hydrogen-bond acceptors (Lipinski definition) is 7. The van der Waals surface area contributed by atoms with Crippen molar-refractivity contribution >= 4 is 0 Å². The van der Waals surface area contributed by atoms with Gasteiger partial charge in [-0.05, 0) is 81.8 Å². The van der Waals surface area contributed by atoms with Crippen LogP contribution in [0.5, 0.6) is 11.5 Å². The first kappa shape index (κ1) is 28.0. The van der Waals surface area contributed by atoms with Crippen molar-refractivity contribution in [3.05, 3.63) is 70.3 Å². The zero-order valence-electron chi connectivity index (χ0n) is 24.2. The third kappa shape index (κ3) is 7.31. The molecule has 1 fully saturated rings. The lowest BCUT2D eigenvalue weighted by Gasteiger charge is -2.26. The highest BCUT2D eigenvalue weighted by molar-refractivity contribution is 5.75. The van der Waals surface area contributed by atoms with Gasteiger partial charge in [0, 0.05) is 75.4 Å². The molecule has 0 N–H and O–H groups in total. The molecule has 1 aliphatic heterocycles. The van der Waals surface area contributed by atoms with Crippen LogP contribution >= 0.6 is 0 Å². The highest BCUT2D eigenvalue weighted by Crippen LogP contribution is 2.37. The van der Waals surface area contributed by atoms with Gasteiger partial charge in [-0.3, -0.25) is 19.8 Å². The van der Waals surface area contributed by atoms with Gasteiger partial charge in [0.15, 0.2) is 0 Å². The normalized spacial score (nSPS) is 16.1. The molecule has 0 aliphatic carbocycles. The van der Waals surface area contributed by atoms with Crippen LogP contribution < -0.4 is 9.47 Å². The second-order valence-electron chi connectivity index (χ2n) is 10.6. The number of benzene rings is 1. The molecular weight excluding hydrogens is 474 g/mol. The monoisotopic (exact) mass is 517 g/mol. The fourth-order valence-corrected chi connectivity index (χ4v) is 5.36. The Bertz CT molecular complexity index is 1220. The van der Waals surface area contributed by atoms with Crippen molar-refractivity contribution in [1.82, 2.24) is 24.7 Å². The summed E-state index contributed by atoms with van der Waals surface area (Å²) < 4.78 is 11.2. The number of likely N-dealkylation sites (N-methyl/N-ethyl adjacent to an activating group) is 1. The maximum Gasteiger partial charge on any atom is 0.130 e. The fourth-order valence-electron chi connectivity index (χ4n) is 5.36. The standard InChI is InChI=1S/C31H43N5O2/c1-22-14-24(3)32-27(15-22)20-35-10-8-34(5)9-11-36(13-12-35)21-28-18-26(17-25(4)33-28)31-23(2)16-29(37-6)19-30(31)38-7/h14-19H,8-13,20-21H2,1-7H3. The van der Waals surface area contributed by atoms with Crippen LogP contribution in [-0.2, 0) is 13.1 Å². The first-order chi connectivity index (χ1) is 18.2. The minimum Gasteiger partial charge on any atom is -0.497 e. The third-order valence-corrected chi connectivity index (χ3v) is 7.27. The van der Waals surface area contributed by atoms with Crippen molar-refractivity contribution in [3.63, 3.8) is 0 Å². The number of aryl methyl sites for hydroxylation is 4. The molecule has 1 aromatic carbocycles.